The van der Waals surface area contributed by atoms with Crippen LogP contribution >= 0.6 is 0 Å². The second kappa shape index (κ2) is 4.53. The van der Waals surface area contributed by atoms with E-state index in [1.165, 1.54) is 31.1 Å². The van der Waals surface area contributed by atoms with Crippen LogP contribution < -0.4 is 5.32 Å². The van der Waals surface area contributed by atoms with Crippen LogP contribution in [0.15, 0.2) is 34.7 Å². The molecule has 1 fully saturated rings. The molecule has 0 spiro atoms. The minimum atomic E-state index is 0.380. The maximum absolute atomic E-state index is 5.97. The molecule has 0 amide bonds. The normalized spacial score (nSPS) is 18.9. The average molecular weight is 229 g/mol. The van der Waals surface area contributed by atoms with Crippen LogP contribution in [0.3, 0.4) is 0 Å². The molecule has 1 aromatic carbocycles. The third kappa shape index (κ3) is 1.98. The Hall–Kier alpha value is -1.28. The van der Waals surface area contributed by atoms with Gasteiger partial charge in [0.15, 0.2) is 0 Å². The zero-order chi connectivity index (χ0) is 11.7. The van der Waals surface area contributed by atoms with E-state index in [2.05, 4.69) is 23.5 Å². The predicted molar refractivity (Wildman–Crippen MR) is 70.0 cm³/mol. The molecule has 2 nitrogen and oxygen atoms in total. The molecule has 0 bridgehead atoms. The summed E-state index contributed by atoms with van der Waals surface area (Å²) < 4.78 is 5.97. The van der Waals surface area contributed by atoms with Crippen LogP contribution in [0, 0.1) is 5.92 Å². The van der Waals surface area contributed by atoms with Gasteiger partial charge in [0.2, 0.25) is 0 Å². The number of benzene rings is 1. The summed E-state index contributed by atoms with van der Waals surface area (Å²) in [4.78, 5) is 0. The number of furan rings is 1. The van der Waals surface area contributed by atoms with Crippen LogP contribution in [0.5, 0.6) is 0 Å². The lowest BCUT2D eigenvalue weighted by Crippen LogP contribution is -2.22. The zero-order valence-electron chi connectivity index (χ0n) is 10.3. The maximum atomic E-state index is 5.97. The molecule has 1 N–H and O–H groups in total. The van der Waals surface area contributed by atoms with Crippen molar-refractivity contribution in [2.75, 3.05) is 7.05 Å². The van der Waals surface area contributed by atoms with Gasteiger partial charge in [-0.1, -0.05) is 31.0 Å². The smallest absolute Gasteiger partial charge is 0.134 e. The Balaban J connectivity index is 1.94. The highest BCUT2D eigenvalue weighted by molar-refractivity contribution is 5.77. The van der Waals surface area contributed by atoms with Crippen molar-refractivity contribution < 1.29 is 4.42 Å². The molecule has 1 aliphatic carbocycles. The number of hydrogen-bond acceptors (Lipinski definition) is 2. The fraction of sp³-hybridized carbons (Fsp3) is 0.467. The highest BCUT2D eigenvalue weighted by Crippen LogP contribution is 2.37. The van der Waals surface area contributed by atoms with Gasteiger partial charge >= 0.3 is 0 Å². The molecule has 1 aliphatic rings. The van der Waals surface area contributed by atoms with Crippen molar-refractivity contribution in [3.8, 4) is 0 Å². The fourth-order valence-corrected chi connectivity index (χ4v) is 3.06. The third-order valence-electron chi connectivity index (χ3n) is 3.93. The molecule has 0 saturated heterocycles. The van der Waals surface area contributed by atoms with E-state index in [-0.39, 0.29) is 0 Å². The molecule has 1 aromatic heterocycles. The van der Waals surface area contributed by atoms with Gasteiger partial charge in [-0.3, -0.25) is 0 Å². The molecule has 0 radical (unpaired) electrons. The van der Waals surface area contributed by atoms with Gasteiger partial charge in [-0.2, -0.15) is 0 Å². The maximum Gasteiger partial charge on any atom is 0.134 e. The van der Waals surface area contributed by atoms with Crippen molar-refractivity contribution in [2.45, 2.75) is 31.7 Å². The van der Waals surface area contributed by atoms with E-state index in [4.69, 9.17) is 4.42 Å². The van der Waals surface area contributed by atoms with Gasteiger partial charge in [-0.15, -0.1) is 0 Å². The van der Waals surface area contributed by atoms with Gasteiger partial charge in [-0.05, 0) is 37.9 Å². The molecule has 0 aliphatic heterocycles. The van der Waals surface area contributed by atoms with Gasteiger partial charge < -0.3 is 9.73 Å². The summed E-state index contributed by atoms with van der Waals surface area (Å²) >= 11 is 0. The minimum Gasteiger partial charge on any atom is -0.459 e. The minimum absolute atomic E-state index is 0.380. The first kappa shape index (κ1) is 10.8. The van der Waals surface area contributed by atoms with E-state index < -0.39 is 0 Å². The molecular formula is C15H19NO. The van der Waals surface area contributed by atoms with E-state index in [0.29, 0.717) is 6.04 Å². The number of hydrogen-bond donors (Lipinski definition) is 1. The topological polar surface area (TPSA) is 25.2 Å². The summed E-state index contributed by atoms with van der Waals surface area (Å²) in [6.07, 6.45) is 5.37. The first-order chi connectivity index (χ1) is 8.38. The largest absolute Gasteiger partial charge is 0.459 e. The second-order valence-electron chi connectivity index (χ2n) is 5.00. The summed E-state index contributed by atoms with van der Waals surface area (Å²) in [6.45, 7) is 0. The van der Waals surface area contributed by atoms with Crippen molar-refractivity contribution >= 4 is 11.0 Å². The molecule has 17 heavy (non-hydrogen) atoms. The molecule has 1 unspecified atom stereocenters. The summed E-state index contributed by atoms with van der Waals surface area (Å²) in [6, 6.07) is 10.8. The summed E-state index contributed by atoms with van der Waals surface area (Å²) in [5.74, 6) is 1.83. The second-order valence-corrected chi connectivity index (χ2v) is 5.00. The lowest BCUT2D eigenvalue weighted by atomic mass is 9.96. The Bertz CT molecular complexity index is 463. The Morgan fingerprint density at radius 3 is 2.71 bits per heavy atom. The number of nitrogens with one attached hydrogen (secondary N) is 1. The summed E-state index contributed by atoms with van der Waals surface area (Å²) in [5.41, 5.74) is 1.00. The zero-order valence-corrected chi connectivity index (χ0v) is 10.3. The number of fused-ring (bicyclic) bond motifs is 1. The van der Waals surface area contributed by atoms with Gasteiger partial charge in [0.05, 0.1) is 6.04 Å². The average Bonchev–Trinajstić information content (AvgIpc) is 2.98. The first-order valence-electron chi connectivity index (χ1n) is 6.54. The monoisotopic (exact) mass is 229 g/mol. The SMILES string of the molecule is CNC(c1cc2ccccc2o1)C1CCCC1. The van der Waals surface area contributed by atoms with Crippen LogP contribution in [0.1, 0.15) is 37.5 Å². The Labute approximate surface area is 102 Å². The molecular weight excluding hydrogens is 210 g/mol. The third-order valence-corrected chi connectivity index (χ3v) is 3.93. The number of rotatable bonds is 3. The lowest BCUT2D eigenvalue weighted by molar-refractivity contribution is 0.336. The van der Waals surface area contributed by atoms with Crippen LogP contribution in [-0.4, -0.2) is 7.05 Å². The highest BCUT2D eigenvalue weighted by atomic mass is 16.3. The van der Waals surface area contributed by atoms with Crippen molar-refractivity contribution in [3.63, 3.8) is 0 Å². The molecule has 1 heterocycles. The molecule has 90 valence electrons. The van der Waals surface area contributed by atoms with E-state index in [1.54, 1.807) is 0 Å². The van der Waals surface area contributed by atoms with Crippen molar-refractivity contribution in [3.05, 3.63) is 36.1 Å². The predicted octanol–water partition coefficient (Wildman–Crippen LogP) is 3.88. The molecule has 2 aromatic rings. The van der Waals surface area contributed by atoms with Gasteiger partial charge in [0, 0.05) is 5.39 Å². The van der Waals surface area contributed by atoms with E-state index in [9.17, 15) is 0 Å². The highest BCUT2D eigenvalue weighted by Gasteiger charge is 2.27. The van der Waals surface area contributed by atoms with Crippen molar-refractivity contribution in [2.24, 2.45) is 5.92 Å². The van der Waals surface area contributed by atoms with Crippen LogP contribution in [0.4, 0.5) is 0 Å². The van der Waals surface area contributed by atoms with Gasteiger partial charge in [0.25, 0.3) is 0 Å². The molecule has 2 heteroatoms. The molecule has 3 rings (SSSR count). The van der Waals surface area contributed by atoms with E-state index in [0.717, 1.165) is 17.3 Å². The quantitative estimate of drug-likeness (QED) is 0.864. The lowest BCUT2D eigenvalue weighted by Gasteiger charge is -2.20. The summed E-state index contributed by atoms with van der Waals surface area (Å²) in [5, 5.41) is 4.64. The number of para-hydroxylation sites is 1. The van der Waals surface area contributed by atoms with E-state index >= 15 is 0 Å². The molecule has 1 atom stereocenters. The van der Waals surface area contributed by atoms with E-state index in [1.807, 2.05) is 19.2 Å². The molecule has 1 saturated carbocycles. The van der Waals surface area contributed by atoms with Gasteiger partial charge in [-0.25, -0.2) is 0 Å². The standard InChI is InChI=1S/C15H19NO/c1-16-15(11-6-2-3-7-11)14-10-12-8-4-5-9-13(12)17-14/h4-5,8-11,15-16H,2-3,6-7H2,1H3. The van der Waals surface area contributed by atoms with Crippen LogP contribution in [0.25, 0.3) is 11.0 Å². The van der Waals surface area contributed by atoms with Crippen LogP contribution in [0.2, 0.25) is 0 Å². The summed E-state index contributed by atoms with van der Waals surface area (Å²) in [7, 11) is 2.04. The Kier molecular flexibility index (Phi) is 2.89. The Morgan fingerprint density at radius 1 is 1.24 bits per heavy atom. The first-order valence-corrected chi connectivity index (χ1v) is 6.54. The van der Waals surface area contributed by atoms with Crippen molar-refractivity contribution in [1.29, 1.82) is 0 Å². The Morgan fingerprint density at radius 2 is 2.00 bits per heavy atom. The van der Waals surface area contributed by atoms with Gasteiger partial charge in [0.1, 0.15) is 11.3 Å². The fourth-order valence-electron chi connectivity index (χ4n) is 3.06. The van der Waals surface area contributed by atoms with Crippen molar-refractivity contribution in [1.82, 2.24) is 5.32 Å². The van der Waals surface area contributed by atoms with Crippen LogP contribution in [-0.2, 0) is 0 Å².